The highest BCUT2D eigenvalue weighted by Crippen LogP contribution is 2.45. The van der Waals surface area contributed by atoms with Crippen molar-refractivity contribution in [1.82, 2.24) is 0 Å². The van der Waals surface area contributed by atoms with E-state index in [2.05, 4.69) is 113 Å². The second-order valence-electron chi connectivity index (χ2n) is 26.6. The molecule has 0 aromatic carbocycles. The van der Waals surface area contributed by atoms with Gasteiger partial charge in [-0.3, -0.25) is 37.3 Å². The van der Waals surface area contributed by atoms with Gasteiger partial charge in [0.2, 0.25) is 0 Å². The number of aliphatic hydroxyl groups is 1. The molecule has 580 valence electrons. The molecule has 0 radical (unpaired) electrons. The number of esters is 4. The lowest BCUT2D eigenvalue weighted by molar-refractivity contribution is -0.161. The molecule has 0 aromatic heterocycles. The SMILES string of the molecule is CC/C=C\C/C=C\C/C=C\C/C=C\CCCCC(=O)OCC(COP(=O)(O)OCC(O)COP(=O)(O)OCC(COC(=O)CCCCCCC/C=C\C/C=C\CCCCC)OC(=O)CCCCCCC/C=C\CCCCCCCC)OC(=O)CCCCCCCCCCCCCCCCC. The quantitative estimate of drug-likeness (QED) is 0.0169. The average Bonchev–Trinajstić information content (AvgIpc) is 1.01. The van der Waals surface area contributed by atoms with E-state index in [0.29, 0.717) is 25.7 Å². The Hall–Kier alpha value is -3.76. The molecular formula is C81H144O17P2. The van der Waals surface area contributed by atoms with E-state index in [0.717, 1.165) is 148 Å². The summed E-state index contributed by atoms with van der Waals surface area (Å²) in [6, 6.07) is 0. The van der Waals surface area contributed by atoms with Gasteiger partial charge < -0.3 is 33.8 Å². The molecule has 17 nitrogen and oxygen atoms in total. The zero-order chi connectivity index (χ0) is 73.2. The summed E-state index contributed by atoms with van der Waals surface area (Å²) in [5.41, 5.74) is 0. The molecule has 0 fully saturated rings. The number of hydrogen-bond donors (Lipinski definition) is 3. The zero-order valence-electron chi connectivity index (χ0n) is 63.4. The van der Waals surface area contributed by atoms with Gasteiger partial charge in [0.05, 0.1) is 26.4 Å². The van der Waals surface area contributed by atoms with Crippen molar-refractivity contribution >= 4 is 39.5 Å². The average molecular weight is 1450 g/mol. The molecule has 0 aliphatic carbocycles. The number of aliphatic hydroxyl groups excluding tert-OH is 1. The van der Waals surface area contributed by atoms with Crippen LogP contribution in [0.25, 0.3) is 0 Å². The Labute approximate surface area is 608 Å². The standard InChI is InChI=1S/C81H144O17P2/c1-5-9-13-17-21-25-29-33-37-41-45-49-53-57-61-65-78(83)91-71-76(97-80(85)67-63-59-55-51-47-43-39-35-31-27-23-19-15-11-7-3)73-95-99(87,88)93-69-75(82)70-94-100(89,90)96-74-77(98-81(86)68-64-60-56-52-48-44-40-36-32-28-24-20-16-12-8-4)72-92-79(84)66-62-58-54-50-46-42-38-34-30-26-22-18-14-10-6-2/h9,13,21-22,25-26,33-34,36-38,40,45,49,75-77,82H,5-8,10-12,14-20,23-24,27-32,35,39,41-44,46-48,50-74H2,1-4H3,(H,87,88)(H,89,90)/b13-9-,25-21-,26-22-,37-33-,38-34-,40-36-,49-45-. The van der Waals surface area contributed by atoms with Crippen LogP contribution in [0.1, 0.15) is 349 Å². The predicted octanol–water partition coefficient (Wildman–Crippen LogP) is 23.0. The molecule has 0 saturated heterocycles. The Morgan fingerprint density at radius 3 is 0.850 bits per heavy atom. The van der Waals surface area contributed by atoms with Gasteiger partial charge in [-0.25, -0.2) is 9.13 Å². The van der Waals surface area contributed by atoms with Crippen LogP contribution in [0.5, 0.6) is 0 Å². The van der Waals surface area contributed by atoms with E-state index in [-0.39, 0.29) is 25.7 Å². The summed E-state index contributed by atoms with van der Waals surface area (Å²) in [5.74, 6) is -2.22. The number of unbranched alkanes of at least 4 members (excludes halogenated alkanes) is 35. The van der Waals surface area contributed by atoms with Gasteiger partial charge in [0.1, 0.15) is 19.3 Å². The second kappa shape index (κ2) is 73.5. The summed E-state index contributed by atoms with van der Waals surface area (Å²) in [4.78, 5) is 73.0. The normalized spacial score (nSPS) is 14.3. The van der Waals surface area contributed by atoms with E-state index in [9.17, 15) is 43.2 Å². The second-order valence-corrected chi connectivity index (χ2v) is 29.5. The third kappa shape index (κ3) is 72.6. The number of carbonyl (C=O) groups excluding carboxylic acids is 4. The van der Waals surface area contributed by atoms with E-state index >= 15 is 0 Å². The summed E-state index contributed by atoms with van der Waals surface area (Å²) >= 11 is 0. The van der Waals surface area contributed by atoms with Crippen LogP contribution in [-0.4, -0.2) is 96.7 Å². The fourth-order valence-corrected chi connectivity index (χ4v) is 12.3. The fraction of sp³-hybridized carbons (Fsp3) is 0.778. The fourth-order valence-electron chi connectivity index (χ4n) is 10.8. The predicted molar refractivity (Wildman–Crippen MR) is 409 cm³/mol. The number of allylic oxidation sites excluding steroid dienone is 14. The van der Waals surface area contributed by atoms with Gasteiger partial charge in [-0.05, 0) is 122 Å². The maximum atomic E-state index is 13.1. The molecule has 0 rings (SSSR count). The first-order chi connectivity index (χ1) is 48.7. The Bertz CT molecular complexity index is 2230. The monoisotopic (exact) mass is 1450 g/mol. The molecular weight excluding hydrogens is 1310 g/mol. The van der Waals surface area contributed by atoms with E-state index < -0.39 is 97.5 Å². The first-order valence-electron chi connectivity index (χ1n) is 39.8. The van der Waals surface area contributed by atoms with Gasteiger partial charge in [-0.2, -0.15) is 0 Å². The van der Waals surface area contributed by atoms with Crippen molar-refractivity contribution in [2.24, 2.45) is 0 Å². The van der Waals surface area contributed by atoms with Crippen LogP contribution in [0, 0.1) is 0 Å². The Morgan fingerprint density at radius 2 is 0.520 bits per heavy atom. The van der Waals surface area contributed by atoms with Crippen molar-refractivity contribution in [3.8, 4) is 0 Å². The van der Waals surface area contributed by atoms with E-state index in [4.69, 9.17) is 37.0 Å². The third-order valence-electron chi connectivity index (χ3n) is 16.8. The van der Waals surface area contributed by atoms with Gasteiger partial charge in [-0.1, -0.05) is 286 Å². The molecule has 0 aliphatic heterocycles. The van der Waals surface area contributed by atoms with Gasteiger partial charge in [0, 0.05) is 25.7 Å². The molecule has 0 amide bonds. The first-order valence-corrected chi connectivity index (χ1v) is 42.8. The van der Waals surface area contributed by atoms with Gasteiger partial charge in [-0.15, -0.1) is 0 Å². The summed E-state index contributed by atoms with van der Waals surface area (Å²) in [5, 5.41) is 10.6. The number of carbonyl (C=O) groups is 4. The van der Waals surface area contributed by atoms with E-state index in [1.807, 2.05) is 0 Å². The minimum atomic E-state index is -4.98. The van der Waals surface area contributed by atoms with Gasteiger partial charge >= 0.3 is 39.5 Å². The minimum absolute atomic E-state index is 0.0833. The lowest BCUT2D eigenvalue weighted by Gasteiger charge is -2.21. The van der Waals surface area contributed by atoms with Crippen molar-refractivity contribution in [2.45, 2.75) is 367 Å². The largest absolute Gasteiger partial charge is 0.472 e. The van der Waals surface area contributed by atoms with Crippen LogP contribution in [0.4, 0.5) is 0 Å². The highest BCUT2D eigenvalue weighted by molar-refractivity contribution is 7.47. The maximum absolute atomic E-state index is 13.1. The first kappa shape index (κ1) is 96.2. The lowest BCUT2D eigenvalue weighted by atomic mass is 10.0. The van der Waals surface area contributed by atoms with Crippen molar-refractivity contribution < 1.29 is 80.2 Å². The van der Waals surface area contributed by atoms with Crippen molar-refractivity contribution in [2.75, 3.05) is 39.6 Å². The van der Waals surface area contributed by atoms with Crippen molar-refractivity contribution in [3.63, 3.8) is 0 Å². The molecule has 0 aliphatic rings. The zero-order valence-corrected chi connectivity index (χ0v) is 65.2. The number of rotatable bonds is 75. The molecule has 100 heavy (non-hydrogen) atoms. The molecule has 0 bridgehead atoms. The van der Waals surface area contributed by atoms with Crippen LogP contribution in [-0.2, 0) is 65.4 Å². The van der Waals surface area contributed by atoms with Crippen LogP contribution >= 0.6 is 15.6 Å². The molecule has 0 aromatic rings. The highest BCUT2D eigenvalue weighted by atomic mass is 31.2. The molecule has 0 heterocycles. The lowest BCUT2D eigenvalue weighted by Crippen LogP contribution is -2.30. The molecule has 3 N–H and O–H groups in total. The summed E-state index contributed by atoms with van der Waals surface area (Å²) < 4.78 is 68.5. The van der Waals surface area contributed by atoms with Gasteiger partial charge in [0.15, 0.2) is 12.2 Å². The topological polar surface area (TPSA) is 237 Å². The Kier molecular flexibility index (Phi) is 70.8. The van der Waals surface area contributed by atoms with E-state index in [1.54, 1.807) is 0 Å². The number of ether oxygens (including phenoxy) is 4. The van der Waals surface area contributed by atoms with Gasteiger partial charge in [0.25, 0.3) is 0 Å². The maximum Gasteiger partial charge on any atom is 0.472 e. The van der Waals surface area contributed by atoms with Crippen molar-refractivity contribution in [1.29, 1.82) is 0 Å². The molecule has 5 unspecified atom stereocenters. The summed E-state index contributed by atoms with van der Waals surface area (Å²) in [6.07, 6.45) is 75.6. The Balaban J connectivity index is 5.38. The number of hydrogen-bond acceptors (Lipinski definition) is 15. The molecule has 0 spiro atoms. The molecule has 5 atom stereocenters. The van der Waals surface area contributed by atoms with Crippen LogP contribution in [0.15, 0.2) is 85.1 Å². The number of phosphoric acid groups is 2. The summed E-state index contributed by atoms with van der Waals surface area (Å²) in [6.45, 7) is 4.71. The molecule has 0 saturated carbocycles. The van der Waals surface area contributed by atoms with Crippen LogP contribution < -0.4 is 0 Å². The third-order valence-corrected chi connectivity index (χ3v) is 18.7. The van der Waals surface area contributed by atoms with Crippen LogP contribution in [0.3, 0.4) is 0 Å². The highest BCUT2D eigenvalue weighted by Gasteiger charge is 2.30. The Morgan fingerprint density at radius 1 is 0.290 bits per heavy atom. The molecule has 19 heteroatoms. The smallest absolute Gasteiger partial charge is 0.462 e. The number of phosphoric ester groups is 2. The van der Waals surface area contributed by atoms with Crippen molar-refractivity contribution in [3.05, 3.63) is 85.1 Å². The minimum Gasteiger partial charge on any atom is -0.462 e. The van der Waals surface area contributed by atoms with Crippen LogP contribution in [0.2, 0.25) is 0 Å². The van der Waals surface area contributed by atoms with E-state index in [1.165, 1.54) is 122 Å². The summed E-state index contributed by atoms with van der Waals surface area (Å²) in [7, 11) is -9.96.